The number of halogens is 4. The molecular weight excluding hydrogens is 393 g/mol. The second-order valence-electron chi connectivity index (χ2n) is 6.06. The molecule has 1 aliphatic heterocycles. The Bertz CT molecular complexity index is 656. The fourth-order valence-electron chi connectivity index (χ4n) is 2.80. The van der Waals surface area contributed by atoms with E-state index in [1.807, 2.05) is 6.92 Å². The highest BCUT2D eigenvalue weighted by molar-refractivity contribution is 7.09. The minimum atomic E-state index is -4.40. The number of piperazine rings is 1. The fraction of sp³-hybridized carbons (Fsp3) is 0.733. The van der Waals surface area contributed by atoms with Gasteiger partial charge in [-0.3, -0.25) is 14.5 Å². The summed E-state index contributed by atoms with van der Waals surface area (Å²) < 4.78 is 41.3. The van der Waals surface area contributed by atoms with Crippen molar-refractivity contribution in [3.63, 3.8) is 0 Å². The molecule has 2 rings (SSSR count). The first-order valence-electron chi connectivity index (χ1n) is 8.15. The molecule has 2 N–H and O–H groups in total. The average Bonchev–Trinajstić information content (AvgIpc) is 2.78. The summed E-state index contributed by atoms with van der Waals surface area (Å²) in [5.74, 6) is -0.487. The molecule has 1 saturated heterocycles. The number of nitrogens with zero attached hydrogens (tertiary/aromatic N) is 2. The molecule has 1 unspecified atom stereocenters. The maximum atomic E-state index is 13.3. The molecule has 1 aliphatic rings. The molecule has 150 valence electrons. The van der Waals surface area contributed by atoms with Gasteiger partial charge in [0.05, 0.1) is 0 Å². The molecule has 2 heterocycles. The lowest BCUT2D eigenvalue weighted by molar-refractivity contribution is -0.184. The summed E-state index contributed by atoms with van der Waals surface area (Å²) in [6.07, 6.45) is -4.42. The number of hydrogen-bond donors (Lipinski definition) is 2. The Morgan fingerprint density at radius 3 is 2.42 bits per heavy atom. The number of aryl methyl sites for hydroxylation is 1. The topological polar surface area (TPSA) is 66.4 Å². The summed E-state index contributed by atoms with van der Waals surface area (Å²) >= 11 is 1.10. The number of hydrogen-bond acceptors (Lipinski definition) is 5. The average molecular weight is 417 g/mol. The maximum absolute atomic E-state index is 13.3. The van der Waals surface area contributed by atoms with Crippen LogP contribution in [0, 0.1) is 13.8 Å². The number of carbonyl (C=O) groups is 1. The van der Waals surface area contributed by atoms with Crippen molar-refractivity contribution >= 4 is 29.7 Å². The van der Waals surface area contributed by atoms with Crippen LogP contribution in [0.5, 0.6) is 0 Å². The van der Waals surface area contributed by atoms with Crippen molar-refractivity contribution in [3.8, 4) is 0 Å². The van der Waals surface area contributed by atoms with Crippen molar-refractivity contribution in [2.24, 2.45) is 0 Å². The quantitative estimate of drug-likeness (QED) is 0.733. The molecule has 1 aromatic rings. The molecule has 0 saturated carbocycles. The highest BCUT2D eigenvalue weighted by Gasteiger charge is 2.43. The van der Waals surface area contributed by atoms with Crippen LogP contribution in [-0.2, 0) is 11.3 Å². The van der Waals surface area contributed by atoms with E-state index < -0.39 is 24.7 Å². The van der Waals surface area contributed by atoms with E-state index in [4.69, 9.17) is 0 Å². The third-order valence-electron chi connectivity index (χ3n) is 4.40. The number of aromatic nitrogens is 1. The Labute approximate surface area is 160 Å². The SMILES string of the molecule is Cc1sc(=O)n(CCC(=O)NCC(N2CCNCC2)C(F)(F)F)c1C.Cl. The predicted molar refractivity (Wildman–Crippen MR) is 97.2 cm³/mol. The molecule has 0 aliphatic carbocycles. The molecule has 6 nitrogen and oxygen atoms in total. The molecule has 1 aromatic heterocycles. The van der Waals surface area contributed by atoms with Crippen molar-refractivity contribution in [1.29, 1.82) is 0 Å². The van der Waals surface area contributed by atoms with Crippen molar-refractivity contribution in [2.45, 2.75) is 39.0 Å². The van der Waals surface area contributed by atoms with Gasteiger partial charge in [0.2, 0.25) is 5.91 Å². The Morgan fingerprint density at radius 1 is 1.31 bits per heavy atom. The van der Waals surface area contributed by atoms with Crippen molar-refractivity contribution in [3.05, 3.63) is 20.2 Å². The Kier molecular flexibility index (Phi) is 8.58. The summed E-state index contributed by atoms with van der Waals surface area (Å²) in [5, 5.41) is 5.38. The molecular formula is C15H24ClF3N4O2S. The zero-order chi connectivity index (χ0) is 18.6. The second-order valence-corrected chi connectivity index (χ2v) is 7.22. The normalized spacial score (nSPS) is 16.8. The highest BCUT2D eigenvalue weighted by atomic mass is 35.5. The van der Waals surface area contributed by atoms with Crippen LogP contribution in [-0.4, -0.2) is 60.3 Å². The van der Waals surface area contributed by atoms with Gasteiger partial charge in [-0.1, -0.05) is 11.3 Å². The monoisotopic (exact) mass is 416 g/mol. The first-order chi connectivity index (χ1) is 11.7. The maximum Gasteiger partial charge on any atom is 0.405 e. The van der Waals surface area contributed by atoms with E-state index >= 15 is 0 Å². The van der Waals surface area contributed by atoms with Crippen molar-refractivity contribution < 1.29 is 18.0 Å². The molecule has 1 fully saturated rings. The van der Waals surface area contributed by atoms with Crippen LogP contribution in [0.2, 0.25) is 0 Å². The number of rotatable bonds is 6. The van der Waals surface area contributed by atoms with Gasteiger partial charge < -0.3 is 15.2 Å². The van der Waals surface area contributed by atoms with Gasteiger partial charge in [0.1, 0.15) is 6.04 Å². The van der Waals surface area contributed by atoms with E-state index in [0.29, 0.717) is 26.2 Å². The van der Waals surface area contributed by atoms with E-state index in [1.165, 1.54) is 9.47 Å². The van der Waals surface area contributed by atoms with Crippen LogP contribution in [0.4, 0.5) is 13.2 Å². The van der Waals surface area contributed by atoms with E-state index in [-0.39, 0.29) is 30.2 Å². The standard InChI is InChI=1S/C15H23F3N4O2S.ClH/c1-10-11(2)25-14(24)22(10)6-3-13(23)20-9-12(15(16,17)18)21-7-4-19-5-8-21;/h12,19H,3-9H2,1-2H3,(H,20,23);1H. The number of alkyl halides is 3. The van der Waals surface area contributed by atoms with Gasteiger partial charge >= 0.3 is 11.0 Å². The smallest absolute Gasteiger partial charge is 0.354 e. The molecule has 0 bridgehead atoms. The number of thiazole rings is 1. The van der Waals surface area contributed by atoms with E-state index in [0.717, 1.165) is 21.9 Å². The number of nitrogens with one attached hydrogen (secondary N) is 2. The van der Waals surface area contributed by atoms with Gasteiger partial charge in [-0.25, -0.2) is 0 Å². The number of amides is 1. The van der Waals surface area contributed by atoms with E-state index in [1.54, 1.807) is 6.92 Å². The Balaban J connectivity index is 0.00000338. The molecule has 11 heteroatoms. The summed E-state index contributed by atoms with van der Waals surface area (Å²) in [7, 11) is 0. The van der Waals surface area contributed by atoms with Gasteiger partial charge in [0.25, 0.3) is 0 Å². The van der Waals surface area contributed by atoms with Gasteiger partial charge in [0.15, 0.2) is 0 Å². The third kappa shape index (κ3) is 5.97. The predicted octanol–water partition coefficient (Wildman–Crippen LogP) is 1.29. The minimum Gasteiger partial charge on any atom is -0.354 e. The lowest BCUT2D eigenvalue weighted by atomic mass is 10.2. The van der Waals surface area contributed by atoms with Gasteiger partial charge in [-0.05, 0) is 13.8 Å². The Morgan fingerprint density at radius 2 is 1.92 bits per heavy atom. The third-order valence-corrected chi connectivity index (χ3v) is 5.40. The molecule has 0 spiro atoms. The summed E-state index contributed by atoms with van der Waals surface area (Å²) in [5.41, 5.74) is 0.789. The zero-order valence-electron chi connectivity index (χ0n) is 14.7. The van der Waals surface area contributed by atoms with Crippen LogP contribution >= 0.6 is 23.7 Å². The fourth-order valence-corrected chi connectivity index (χ4v) is 3.66. The van der Waals surface area contributed by atoms with Gasteiger partial charge in [0, 0.05) is 56.3 Å². The van der Waals surface area contributed by atoms with Crippen LogP contribution in [0.3, 0.4) is 0 Å². The first kappa shape index (κ1) is 22.9. The summed E-state index contributed by atoms with van der Waals surface area (Å²) in [6.45, 7) is 4.89. The Hall–Kier alpha value is -1.10. The lowest BCUT2D eigenvalue weighted by Gasteiger charge is -2.35. The molecule has 0 aromatic carbocycles. The van der Waals surface area contributed by atoms with Crippen molar-refractivity contribution in [2.75, 3.05) is 32.7 Å². The second kappa shape index (κ2) is 9.72. The van der Waals surface area contributed by atoms with Crippen LogP contribution < -0.4 is 15.5 Å². The van der Waals surface area contributed by atoms with Crippen LogP contribution in [0.25, 0.3) is 0 Å². The van der Waals surface area contributed by atoms with Crippen LogP contribution in [0.1, 0.15) is 17.0 Å². The lowest BCUT2D eigenvalue weighted by Crippen LogP contribution is -2.57. The summed E-state index contributed by atoms with van der Waals surface area (Å²) in [4.78, 5) is 25.8. The van der Waals surface area contributed by atoms with E-state index in [2.05, 4.69) is 10.6 Å². The van der Waals surface area contributed by atoms with Crippen LogP contribution in [0.15, 0.2) is 4.79 Å². The first-order valence-corrected chi connectivity index (χ1v) is 8.97. The van der Waals surface area contributed by atoms with Gasteiger partial charge in [-0.2, -0.15) is 13.2 Å². The highest BCUT2D eigenvalue weighted by Crippen LogP contribution is 2.24. The number of carbonyl (C=O) groups excluding carboxylic acids is 1. The molecule has 26 heavy (non-hydrogen) atoms. The summed E-state index contributed by atoms with van der Waals surface area (Å²) in [6, 6.07) is -1.69. The molecule has 1 atom stereocenters. The minimum absolute atomic E-state index is 0. The van der Waals surface area contributed by atoms with E-state index in [9.17, 15) is 22.8 Å². The zero-order valence-corrected chi connectivity index (χ0v) is 16.3. The molecule has 0 radical (unpaired) electrons. The van der Waals surface area contributed by atoms with Gasteiger partial charge in [-0.15, -0.1) is 12.4 Å². The largest absolute Gasteiger partial charge is 0.405 e. The van der Waals surface area contributed by atoms with Crippen molar-refractivity contribution in [1.82, 2.24) is 20.1 Å². The molecule has 1 amide bonds.